The maximum atomic E-state index is 12.4. The molecule has 1 aliphatic heterocycles. The van der Waals surface area contributed by atoms with Crippen molar-refractivity contribution in [2.45, 2.75) is 17.8 Å². The zero-order chi connectivity index (χ0) is 22.2. The van der Waals surface area contributed by atoms with Gasteiger partial charge in [0.25, 0.3) is 0 Å². The third-order valence-electron chi connectivity index (χ3n) is 5.23. The number of hydrogen-bond donors (Lipinski definition) is 5. The molecule has 3 aromatic rings. The lowest BCUT2D eigenvalue weighted by atomic mass is 10.0. The van der Waals surface area contributed by atoms with Gasteiger partial charge in [-0.05, 0) is 17.7 Å². The number of hydrogen-bond acceptors (Lipinski definition) is 10. The van der Waals surface area contributed by atoms with Crippen molar-refractivity contribution < 1.29 is 13.2 Å². The minimum Gasteiger partial charge on any atom is -0.398 e. The molecule has 0 saturated carbocycles. The highest BCUT2D eigenvalue weighted by molar-refractivity contribution is 7.92. The van der Waals surface area contributed by atoms with Crippen LogP contribution in [-0.4, -0.2) is 53.2 Å². The maximum absolute atomic E-state index is 12.4. The van der Waals surface area contributed by atoms with Crippen LogP contribution in [0.3, 0.4) is 0 Å². The van der Waals surface area contributed by atoms with Crippen molar-refractivity contribution in [3.63, 3.8) is 0 Å². The number of benzene rings is 1. The number of ether oxygens (including phenoxy) is 1. The van der Waals surface area contributed by atoms with Gasteiger partial charge in [0.1, 0.15) is 17.5 Å². The van der Waals surface area contributed by atoms with Gasteiger partial charge in [-0.3, -0.25) is 4.57 Å². The van der Waals surface area contributed by atoms with Crippen LogP contribution in [0.2, 0.25) is 0 Å². The van der Waals surface area contributed by atoms with E-state index >= 15 is 0 Å². The molecule has 31 heavy (non-hydrogen) atoms. The third-order valence-corrected chi connectivity index (χ3v) is 6.29. The van der Waals surface area contributed by atoms with Crippen molar-refractivity contribution in [1.82, 2.24) is 24.2 Å². The molecule has 0 amide bonds. The molecule has 0 aliphatic carbocycles. The summed E-state index contributed by atoms with van der Waals surface area (Å²) in [5.74, 6) is 0.218. The summed E-state index contributed by atoms with van der Waals surface area (Å²) in [4.78, 5) is 12.3. The summed E-state index contributed by atoms with van der Waals surface area (Å²) in [5.41, 5.74) is 25.2. The molecule has 164 valence electrons. The smallest absolute Gasteiger partial charge is 0.233 e. The fraction of sp³-hybridized carbons (Fsp3) is 0.278. The minimum atomic E-state index is -3.76. The van der Waals surface area contributed by atoms with Crippen LogP contribution in [0.5, 0.6) is 0 Å². The SMILES string of the molecule is Nc1ccccc1/C=C/S(=O)(=O)NC[C@H]1OC[C@](N)(n2cnc3c(N)ncnc32)[C@@H]1N. The number of nitrogens with zero attached hydrogens (tertiary/aromatic N) is 4. The molecule has 13 heteroatoms. The normalized spacial score (nSPS) is 24.3. The molecule has 0 spiro atoms. The lowest BCUT2D eigenvalue weighted by Crippen LogP contribution is -2.59. The third kappa shape index (κ3) is 3.96. The second kappa shape index (κ2) is 7.86. The number of nitrogens with two attached hydrogens (primary N) is 4. The fourth-order valence-corrected chi connectivity index (χ4v) is 4.23. The molecule has 1 fully saturated rings. The molecule has 9 N–H and O–H groups in total. The minimum absolute atomic E-state index is 0.0340. The van der Waals surface area contributed by atoms with Crippen molar-refractivity contribution in [2.75, 3.05) is 24.6 Å². The standard InChI is InChI=1S/C18H23N9O3S/c19-12-4-2-1-3-11(12)5-6-31(28,29)26-7-13-15(20)18(22,8-30-13)27-10-25-14-16(21)23-9-24-17(14)27/h1-6,9-10,13,15,26H,7-8,19-20,22H2,(H2,21,23,24)/b6-5+/t13-,15-,18+/m1/s1. The molecule has 1 aromatic carbocycles. The topological polar surface area (TPSA) is 203 Å². The number of fused-ring (bicyclic) bond motifs is 1. The van der Waals surface area contributed by atoms with Gasteiger partial charge in [0.2, 0.25) is 10.0 Å². The Bertz CT molecular complexity index is 1240. The quantitative estimate of drug-likeness (QED) is 0.290. The van der Waals surface area contributed by atoms with E-state index in [-0.39, 0.29) is 19.0 Å². The van der Waals surface area contributed by atoms with Gasteiger partial charge in [-0.2, -0.15) is 0 Å². The molecule has 4 rings (SSSR count). The van der Waals surface area contributed by atoms with Crippen molar-refractivity contribution in [3.05, 3.63) is 47.9 Å². The van der Waals surface area contributed by atoms with Crippen molar-refractivity contribution in [3.8, 4) is 0 Å². The molecule has 1 saturated heterocycles. The molecular formula is C18H23N9O3S. The lowest BCUT2D eigenvalue weighted by molar-refractivity contribution is 0.0979. The van der Waals surface area contributed by atoms with Crippen LogP contribution >= 0.6 is 0 Å². The van der Waals surface area contributed by atoms with Crippen LogP contribution in [0.1, 0.15) is 5.56 Å². The number of para-hydroxylation sites is 1. The zero-order valence-corrected chi connectivity index (χ0v) is 17.2. The van der Waals surface area contributed by atoms with Crippen molar-refractivity contribution >= 4 is 38.8 Å². The Morgan fingerprint density at radius 2 is 2.03 bits per heavy atom. The molecule has 3 heterocycles. The summed E-state index contributed by atoms with van der Waals surface area (Å²) in [6.07, 6.45) is 3.52. The first-order valence-corrected chi connectivity index (χ1v) is 10.9. The number of rotatable bonds is 6. The summed E-state index contributed by atoms with van der Waals surface area (Å²) in [5, 5.41) is 1.04. The van der Waals surface area contributed by atoms with E-state index in [1.807, 2.05) is 0 Å². The highest BCUT2D eigenvalue weighted by atomic mass is 32.2. The first kappa shape index (κ1) is 21.1. The Labute approximate surface area is 178 Å². The monoisotopic (exact) mass is 445 g/mol. The number of imidazole rings is 1. The average Bonchev–Trinajstić information content (AvgIpc) is 3.30. The van der Waals surface area contributed by atoms with Gasteiger partial charge in [0.05, 0.1) is 25.1 Å². The highest BCUT2D eigenvalue weighted by Crippen LogP contribution is 2.29. The molecule has 0 radical (unpaired) electrons. The van der Waals surface area contributed by atoms with Gasteiger partial charge in [0.15, 0.2) is 11.5 Å². The van der Waals surface area contributed by atoms with E-state index in [4.69, 9.17) is 27.7 Å². The predicted molar refractivity (Wildman–Crippen MR) is 116 cm³/mol. The Morgan fingerprint density at radius 3 is 2.81 bits per heavy atom. The van der Waals surface area contributed by atoms with Crippen LogP contribution in [0.25, 0.3) is 17.2 Å². The van der Waals surface area contributed by atoms with Gasteiger partial charge in [-0.25, -0.2) is 28.1 Å². The summed E-state index contributed by atoms with van der Waals surface area (Å²) in [6, 6.07) is 6.18. The average molecular weight is 446 g/mol. The van der Waals surface area contributed by atoms with Crippen molar-refractivity contribution in [2.24, 2.45) is 11.5 Å². The predicted octanol–water partition coefficient (Wildman–Crippen LogP) is -1.08. The molecule has 12 nitrogen and oxygen atoms in total. The zero-order valence-electron chi connectivity index (χ0n) is 16.4. The fourth-order valence-electron chi connectivity index (χ4n) is 3.41. The Kier molecular flexibility index (Phi) is 5.36. The van der Waals surface area contributed by atoms with Gasteiger partial charge in [0, 0.05) is 17.6 Å². The van der Waals surface area contributed by atoms with E-state index in [0.29, 0.717) is 22.4 Å². The molecule has 2 aromatic heterocycles. The van der Waals surface area contributed by atoms with E-state index in [9.17, 15) is 8.42 Å². The molecular weight excluding hydrogens is 422 g/mol. The first-order valence-electron chi connectivity index (χ1n) is 9.33. The first-order chi connectivity index (χ1) is 14.7. The van der Waals surface area contributed by atoms with Crippen molar-refractivity contribution in [1.29, 1.82) is 0 Å². The van der Waals surface area contributed by atoms with Crippen LogP contribution in [0.4, 0.5) is 11.5 Å². The molecule has 0 bridgehead atoms. The number of sulfonamides is 1. The Balaban J connectivity index is 1.47. The van der Waals surface area contributed by atoms with Gasteiger partial charge in [-0.15, -0.1) is 0 Å². The summed E-state index contributed by atoms with van der Waals surface area (Å²) < 4.78 is 34.5. The second-order valence-corrected chi connectivity index (χ2v) is 8.89. The number of nitrogens with one attached hydrogen (secondary N) is 1. The summed E-state index contributed by atoms with van der Waals surface area (Å²) >= 11 is 0. The van der Waals surface area contributed by atoms with Gasteiger partial charge in [-0.1, -0.05) is 18.2 Å². The van der Waals surface area contributed by atoms with Crippen LogP contribution in [-0.2, 0) is 20.4 Å². The summed E-state index contributed by atoms with van der Waals surface area (Å²) in [7, 11) is -3.76. The highest BCUT2D eigenvalue weighted by Gasteiger charge is 2.47. The van der Waals surface area contributed by atoms with Crippen LogP contribution in [0, 0.1) is 0 Å². The number of aromatic nitrogens is 4. The van der Waals surface area contributed by atoms with Gasteiger partial charge >= 0.3 is 0 Å². The maximum Gasteiger partial charge on any atom is 0.233 e. The Hall–Kier alpha value is -3.10. The van der Waals surface area contributed by atoms with Crippen LogP contribution in [0.15, 0.2) is 42.3 Å². The van der Waals surface area contributed by atoms with Gasteiger partial charge < -0.3 is 27.7 Å². The molecule has 1 aliphatic rings. The van der Waals surface area contributed by atoms with E-state index in [2.05, 4.69) is 19.7 Å². The summed E-state index contributed by atoms with van der Waals surface area (Å²) in [6.45, 7) is -0.0346. The largest absolute Gasteiger partial charge is 0.398 e. The van der Waals surface area contributed by atoms with E-state index in [1.165, 1.54) is 18.7 Å². The lowest BCUT2D eigenvalue weighted by Gasteiger charge is -2.30. The van der Waals surface area contributed by atoms with E-state index in [1.54, 1.807) is 28.8 Å². The number of anilines is 2. The second-order valence-electron chi connectivity index (χ2n) is 7.24. The Morgan fingerprint density at radius 1 is 1.26 bits per heavy atom. The van der Waals surface area contributed by atoms with E-state index < -0.39 is 27.8 Å². The number of nitrogen functional groups attached to an aromatic ring is 2. The van der Waals surface area contributed by atoms with E-state index in [0.717, 1.165) is 5.41 Å². The van der Waals surface area contributed by atoms with Crippen LogP contribution < -0.4 is 27.7 Å². The molecule has 0 unspecified atom stereocenters. The molecule has 3 atom stereocenters.